The number of rotatable bonds is 2. The summed E-state index contributed by atoms with van der Waals surface area (Å²) in [5.41, 5.74) is 0.256. The maximum Gasteiger partial charge on any atom is 0.245 e. The summed E-state index contributed by atoms with van der Waals surface area (Å²) in [5.74, 6) is 0.705. The topological polar surface area (TPSA) is 53.9 Å². The molecule has 1 fully saturated rings. The number of hydrogen-bond acceptors (Lipinski definition) is 5. The maximum absolute atomic E-state index is 4.28. The minimum atomic E-state index is 0.128. The van der Waals surface area contributed by atoms with Crippen molar-refractivity contribution in [1.29, 1.82) is 0 Å². The number of nitrogens with zero attached hydrogens (tertiary/aromatic N) is 4. The molecule has 2 heterocycles. The first-order valence-corrected chi connectivity index (χ1v) is 6.45. The van der Waals surface area contributed by atoms with E-state index in [4.69, 9.17) is 0 Å². The van der Waals surface area contributed by atoms with Gasteiger partial charge in [-0.25, -0.2) is 4.98 Å². The van der Waals surface area contributed by atoms with E-state index in [0.717, 1.165) is 12.8 Å². The highest BCUT2D eigenvalue weighted by molar-refractivity contribution is 5.29. The zero-order chi connectivity index (χ0) is 13.4. The van der Waals surface area contributed by atoms with Gasteiger partial charge in [-0.05, 0) is 40.5 Å². The van der Waals surface area contributed by atoms with Crippen LogP contribution in [0.2, 0.25) is 0 Å². The molecule has 2 rings (SSSR count). The third-order valence-electron chi connectivity index (χ3n) is 3.50. The normalized spacial score (nSPS) is 22.7. The standard InChI is InChI=1S/C13H23N5/c1-12(2)8-10(9-13(3,4)17-12)18(5)11-14-6-7-15-16-11/h6-7,10,17H,8-9H2,1-5H3. The van der Waals surface area contributed by atoms with Gasteiger partial charge in [0.1, 0.15) is 0 Å². The van der Waals surface area contributed by atoms with E-state index >= 15 is 0 Å². The molecule has 18 heavy (non-hydrogen) atoms. The minimum Gasteiger partial charge on any atom is -0.339 e. The molecular weight excluding hydrogens is 226 g/mol. The van der Waals surface area contributed by atoms with Gasteiger partial charge in [0.05, 0.1) is 12.4 Å². The zero-order valence-electron chi connectivity index (χ0n) is 11.9. The van der Waals surface area contributed by atoms with Gasteiger partial charge in [0.2, 0.25) is 5.95 Å². The quantitative estimate of drug-likeness (QED) is 0.863. The zero-order valence-corrected chi connectivity index (χ0v) is 11.9. The van der Waals surface area contributed by atoms with Crippen LogP contribution in [0.15, 0.2) is 12.4 Å². The van der Waals surface area contributed by atoms with Crippen molar-refractivity contribution in [1.82, 2.24) is 20.5 Å². The van der Waals surface area contributed by atoms with Crippen LogP contribution in [-0.2, 0) is 0 Å². The van der Waals surface area contributed by atoms with Crippen LogP contribution >= 0.6 is 0 Å². The van der Waals surface area contributed by atoms with Crippen molar-refractivity contribution in [2.75, 3.05) is 11.9 Å². The molecule has 0 spiro atoms. The number of piperidine rings is 1. The molecule has 100 valence electrons. The lowest BCUT2D eigenvalue weighted by molar-refractivity contribution is 0.160. The van der Waals surface area contributed by atoms with Gasteiger partial charge in [-0.2, -0.15) is 5.10 Å². The lowest BCUT2D eigenvalue weighted by Gasteiger charge is -2.48. The van der Waals surface area contributed by atoms with E-state index in [1.807, 2.05) is 0 Å². The van der Waals surface area contributed by atoms with Crippen molar-refractivity contribution >= 4 is 5.95 Å². The summed E-state index contributed by atoms with van der Waals surface area (Å²) in [6.45, 7) is 9.00. The smallest absolute Gasteiger partial charge is 0.245 e. The van der Waals surface area contributed by atoms with Crippen molar-refractivity contribution in [3.8, 4) is 0 Å². The van der Waals surface area contributed by atoms with E-state index in [1.54, 1.807) is 12.4 Å². The van der Waals surface area contributed by atoms with Gasteiger partial charge in [0.25, 0.3) is 0 Å². The second kappa shape index (κ2) is 4.46. The molecule has 0 bridgehead atoms. The Morgan fingerprint density at radius 2 is 1.78 bits per heavy atom. The third-order valence-corrected chi connectivity index (χ3v) is 3.50. The molecule has 0 amide bonds. The SMILES string of the molecule is CN(c1nccnn1)C1CC(C)(C)NC(C)(C)C1. The Bertz CT molecular complexity index is 385. The van der Waals surface area contributed by atoms with Gasteiger partial charge < -0.3 is 10.2 Å². The molecule has 0 aromatic carbocycles. The molecule has 0 saturated carbocycles. The Hall–Kier alpha value is -1.23. The highest BCUT2D eigenvalue weighted by Gasteiger charge is 2.39. The average molecular weight is 249 g/mol. The molecule has 1 N–H and O–H groups in total. The van der Waals surface area contributed by atoms with Crippen LogP contribution < -0.4 is 10.2 Å². The first-order valence-electron chi connectivity index (χ1n) is 6.45. The van der Waals surface area contributed by atoms with Crippen molar-refractivity contribution in [3.63, 3.8) is 0 Å². The Morgan fingerprint density at radius 3 is 2.28 bits per heavy atom. The predicted octanol–water partition coefficient (Wildman–Crippen LogP) is 1.62. The van der Waals surface area contributed by atoms with E-state index in [-0.39, 0.29) is 11.1 Å². The van der Waals surface area contributed by atoms with Gasteiger partial charge >= 0.3 is 0 Å². The molecule has 0 radical (unpaired) electrons. The Morgan fingerprint density at radius 1 is 1.17 bits per heavy atom. The van der Waals surface area contributed by atoms with Crippen LogP contribution in [0.3, 0.4) is 0 Å². The third kappa shape index (κ3) is 2.96. The van der Waals surface area contributed by atoms with Gasteiger partial charge in [0, 0.05) is 24.2 Å². The molecule has 0 atom stereocenters. The van der Waals surface area contributed by atoms with Crippen molar-refractivity contribution < 1.29 is 0 Å². The van der Waals surface area contributed by atoms with Crippen molar-refractivity contribution in [2.24, 2.45) is 0 Å². The number of aromatic nitrogens is 3. The lowest BCUT2D eigenvalue weighted by atomic mass is 9.79. The molecule has 5 nitrogen and oxygen atoms in total. The maximum atomic E-state index is 4.28. The summed E-state index contributed by atoms with van der Waals surface area (Å²) < 4.78 is 0. The summed E-state index contributed by atoms with van der Waals surface area (Å²) >= 11 is 0. The fourth-order valence-corrected chi connectivity index (χ4v) is 3.11. The molecule has 1 aliphatic rings. The summed E-state index contributed by atoms with van der Waals surface area (Å²) in [5, 5.41) is 11.7. The average Bonchev–Trinajstić information content (AvgIpc) is 2.25. The summed E-state index contributed by atoms with van der Waals surface area (Å²) in [4.78, 5) is 6.43. The van der Waals surface area contributed by atoms with Gasteiger partial charge in [-0.3, -0.25) is 0 Å². The van der Waals surface area contributed by atoms with Gasteiger partial charge in [-0.1, -0.05) is 0 Å². The van der Waals surface area contributed by atoms with Gasteiger partial charge in [0.15, 0.2) is 0 Å². The van der Waals surface area contributed by atoms with Crippen LogP contribution in [0.25, 0.3) is 0 Å². The molecule has 0 unspecified atom stereocenters. The van der Waals surface area contributed by atoms with Crippen molar-refractivity contribution in [2.45, 2.75) is 57.7 Å². The van der Waals surface area contributed by atoms with E-state index in [0.29, 0.717) is 12.0 Å². The van der Waals surface area contributed by atoms with Gasteiger partial charge in [-0.15, -0.1) is 5.10 Å². The minimum absolute atomic E-state index is 0.128. The lowest BCUT2D eigenvalue weighted by Crippen LogP contribution is -2.62. The number of anilines is 1. The summed E-state index contributed by atoms with van der Waals surface area (Å²) in [6, 6.07) is 0.431. The fraction of sp³-hybridized carbons (Fsp3) is 0.769. The van der Waals surface area contributed by atoms with Crippen LogP contribution in [0, 0.1) is 0 Å². The molecular formula is C13H23N5. The molecule has 1 aromatic rings. The second-order valence-corrected chi connectivity index (χ2v) is 6.51. The number of hydrogen-bond donors (Lipinski definition) is 1. The van der Waals surface area contributed by atoms with Crippen LogP contribution in [0.4, 0.5) is 5.95 Å². The van der Waals surface area contributed by atoms with E-state index in [2.05, 4.69) is 60.1 Å². The Kier molecular flexibility index (Phi) is 3.27. The molecule has 5 heteroatoms. The van der Waals surface area contributed by atoms with Crippen LogP contribution in [-0.4, -0.2) is 39.3 Å². The highest BCUT2D eigenvalue weighted by Crippen LogP contribution is 2.31. The summed E-state index contributed by atoms with van der Waals surface area (Å²) in [6.07, 6.45) is 5.44. The van der Waals surface area contributed by atoms with E-state index < -0.39 is 0 Å². The molecule has 0 aliphatic carbocycles. The Labute approximate surface area is 109 Å². The van der Waals surface area contributed by atoms with Crippen LogP contribution in [0.1, 0.15) is 40.5 Å². The first-order chi connectivity index (χ1) is 8.29. The van der Waals surface area contributed by atoms with E-state index in [1.165, 1.54) is 0 Å². The highest BCUT2D eigenvalue weighted by atomic mass is 15.3. The molecule has 1 aliphatic heterocycles. The monoisotopic (exact) mass is 249 g/mol. The Balaban J connectivity index is 2.18. The largest absolute Gasteiger partial charge is 0.339 e. The van der Waals surface area contributed by atoms with E-state index in [9.17, 15) is 0 Å². The predicted molar refractivity (Wildman–Crippen MR) is 72.5 cm³/mol. The molecule has 1 aromatic heterocycles. The summed E-state index contributed by atoms with van der Waals surface area (Å²) in [7, 11) is 2.05. The number of nitrogens with one attached hydrogen (secondary N) is 1. The van der Waals surface area contributed by atoms with Crippen LogP contribution in [0.5, 0.6) is 0 Å². The fourth-order valence-electron chi connectivity index (χ4n) is 3.11. The van der Waals surface area contributed by atoms with Crippen molar-refractivity contribution in [3.05, 3.63) is 12.4 Å². The first kappa shape index (κ1) is 13.2. The molecule has 1 saturated heterocycles. The second-order valence-electron chi connectivity index (χ2n) is 6.51.